The van der Waals surface area contributed by atoms with Crippen molar-refractivity contribution in [2.24, 2.45) is 0 Å². The molecule has 0 radical (unpaired) electrons. The molecule has 2 unspecified atom stereocenters. The highest BCUT2D eigenvalue weighted by Gasteiger charge is 2.32. The first-order valence-corrected chi connectivity index (χ1v) is 6.22. The molecule has 1 saturated heterocycles. The summed E-state index contributed by atoms with van der Waals surface area (Å²) in [7, 11) is 1.78. The topological polar surface area (TPSA) is 60.9 Å². The summed E-state index contributed by atoms with van der Waals surface area (Å²) in [6.45, 7) is 4.71. The van der Waals surface area contributed by atoms with Gasteiger partial charge in [0.25, 0.3) is 0 Å². The molecule has 0 aromatic rings. The second-order valence-electron chi connectivity index (χ2n) is 4.74. The molecule has 98 valence electrons. The summed E-state index contributed by atoms with van der Waals surface area (Å²) in [5.41, 5.74) is 0. The maximum absolute atomic E-state index is 12.2. The Morgan fingerprint density at radius 1 is 1.53 bits per heavy atom. The summed E-state index contributed by atoms with van der Waals surface area (Å²) >= 11 is 0. The van der Waals surface area contributed by atoms with Crippen molar-refractivity contribution in [3.05, 3.63) is 0 Å². The van der Waals surface area contributed by atoms with E-state index < -0.39 is 5.97 Å². The Labute approximate surface area is 102 Å². The van der Waals surface area contributed by atoms with Crippen LogP contribution in [0.5, 0.6) is 0 Å². The van der Waals surface area contributed by atoms with Gasteiger partial charge >= 0.3 is 12.0 Å². The molecule has 2 atom stereocenters. The van der Waals surface area contributed by atoms with Crippen molar-refractivity contribution in [2.75, 3.05) is 13.6 Å². The molecule has 0 bridgehead atoms. The van der Waals surface area contributed by atoms with Gasteiger partial charge in [-0.05, 0) is 26.2 Å². The van der Waals surface area contributed by atoms with Gasteiger partial charge in [-0.15, -0.1) is 0 Å². The molecule has 5 heteroatoms. The van der Waals surface area contributed by atoms with E-state index in [0.717, 1.165) is 19.3 Å². The van der Waals surface area contributed by atoms with Crippen molar-refractivity contribution < 1.29 is 14.7 Å². The highest BCUT2D eigenvalue weighted by Crippen LogP contribution is 2.22. The lowest BCUT2D eigenvalue weighted by Gasteiger charge is -2.32. The zero-order chi connectivity index (χ0) is 13.0. The van der Waals surface area contributed by atoms with Crippen LogP contribution in [0.25, 0.3) is 0 Å². The number of rotatable bonds is 4. The van der Waals surface area contributed by atoms with Crippen LogP contribution in [0.4, 0.5) is 4.79 Å². The first kappa shape index (κ1) is 13.8. The molecule has 0 aromatic carbocycles. The van der Waals surface area contributed by atoms with Gasteiger partial charge in [-0.1, -0.05) is 6.92 Å². The van der Waals surface area contributed by atoms with Gasteiger partial charge in [0.15, 0.2) is 0 Å². The Morgan fingerprint density at radius 2 is 2.18 bits per heavy atom. The van der Waals surface area contributed by atoms with E-state index in [1.807, 2.05) is 13.8 Å². The average molecular weight is 242 g/mol. The van der Waals surface area contributed by atoms with E-state index in [1.54, 1.807) is 16.8 Å². The van der Waals surface area contributed by atoms with E-state index >= 15 is 0 Å². The fourth-order valence-corrected chi connectivity index (χ4v) is 2.17. The van der Waals surface area contributed by atoms with Gasteiger partial charge < -0.3 is 14.9 Å². The number of likely N-dealkylation sites (tertiary alicyclic amines) is 1. The molecule has 1 aliphatic heterocycles. The minimum atomic E-state index is -0.833. The Bertz CT molecular complexity index is 293. The van der Waals surface area contributed by atoms with Gasteiger partial charge in [-0.3, -0.25) is 4.79 Å². The van der Waals surface area contributed by atoms with Crippen LogP contribution < -0.4 is 0 Å². The maximum atomic E-state index is 12.2. The zero-order valence-electron chi connectivity index (χ0n) is 10.8. The number of hydrogen-bond acceptors (Lipinski definition) is 2. The smallest absolute Gasteiger partial charge is 0.320 e. The van der Waals surface area contributed by atoms with E-state index in [-0.39, 0.29) is 24.5 Å². The minimum absolute atomic E-state index is 0.0388. The van der Waals surface area contributed by atoms with Crippen molar-refractivity contribution in [1.82, 2.24) is 9.80 Å². The molecule has 2 amide bonds. The van der Waals surface area contributed by atoms with E-state index in [9.17, 15) is 9.59 Å². The van der Waals surface area contributed by atoms with Gasteiger partial charge in [-0.25, -0.2) is 4.79 Å². The van der Waals surface area contributed by atoms with Crippen LogP contribution >= 0.6 is 0 Å². The number of hydrogen-bond donors (Lipinski definition) is 1. The molecular formula is C12H22N2O3. The van der Waals surface area contributed by atoms with Crippen molar-refractivity contribution in [1.29, 1.82) is 0 Å². The van der Waals surface area contributed by atoms with Crippen molar-refractivity contribution >= 4 is 12.0 Å². The normalized spacial score (nSPS) is 21.4. The fraction of sp³-hybridized carbons (Fsp3) is 0.833. The Morgan fingerprint density at radius 3 is 2.71 bits per heavy atom. The maximum Gasteiger partial charge on any atom is 0.320 e. The number of aliphatic carboxylic acids is 1. The van der Waals surface area contributed by atoms with Gasteiger partial charge in [-0.2, -0.15) is 0 Å². The van der Waals surface area contributed by atoms with Crippen LogP contribution in [0.1, 0.15) is 39.5 Å². The standard InChI is InChI=1S/C12H22N2O3/c1-4-9(2)13(3)12(17)14-7-5-6-10(14)8-11(15)16/h9-10H,4-8H2,1-3H3,(H,15,16). The summed E-state index contributed by atoms with van der Waals surface area (Å²) in [5, 5.41) is 8.82. The average Bonchev–Trinajstić information content (AvgIpc) is 2.73. The number of carbonyl (C=O) groups excluding carboxylic acids is 1. The van der Waals surface area contributed by atoms with E-state index in [0.29, 0.717) is 6.54 Å². The first-order chi connectivity index (χ1) is 7.97. The molecule has 1 N–H and O–H groups in total. The van der Waals surface area contributed by atoms with E-state index in [2.05, 4.69) is 0 Å². The highest BCUT2D eigenvalue weighted by atomic mass is 16.4. The van der Waals surface area contributed by atoms with Crippen LogP contribution in [-0.2, 0) is 4.79 Å². The number of carboxylic acids is 1. The molecule has 0 aliphatic carbocycles. The second-order valence-corrected chi connectivity index (χ2v) is 4.74. The molecule has 1 heterocycles. The van der Waals surface area contributed by atoms with Crippen molar-refractivity contribution in [3.8, 4) is 0 Å². The van der Waals surface area contributed by atoms with Crippen molar-refractivity contribution in [3.63, 3.8) is 0 Å². The number of amides is 2. The van der Waals surface area contributed by atoms with Crippen LogP contribution in [0.2, 0.25) is 0 Å². The summed E-state index contributed by atoms with van der Waals surface area (Å²) in [4.78, 5) is 26.3. The summed E-state index contributed by atoms with van der Waals surface area (Å²) < 4.78 is 0. The van der Waals surface area contributed by atoms with Crippen LogP contribution in [-0.4, -0.2) is 52.6 Å². The number of carbonyl (C=O) groups is 2. The molecule has 17 heavy (non-hydrogen) atoms. The summed E-state index contributed by atoms with van der Waals surface area (Å²) in [6, 6.07) is 0.0168. The molecular weight excluding hydrogens is 220 g/mol. The van der Waals surface area contributed by atoms with Gasteiger partial charge in [0.2, 0.25) is 0 Å². The van der Waals surface area contributed by atoms with Gasteiger partial charge in [0, 0.05) is 25.7 Å². The third-order valence-electron chi connectivity index (χ3n) is 3.59. The lowest BCUT2D eigenvalue weighted by molar-refractivity contribution is -0.138. The molecule has 1 rings (SSSR count). The number of carboxylic acid groups (broad SMARTS) is 1. The van der Waals surface area contributed by atoms with Gasteiger partial charge in [0.05, 0.1) is 6.42 Å². The molecule has 0 aromatic heterocycles. The highest BCUT2D eigenvalue weighted by molar-refractivity contribution is 5.76. The van der Waals surface area contributed by atoms with Crippen LogP contribution in [0.15, 0.2) is 0 Å². The van der Waals surface area contributed by atoms with E-state index in [4.69, 9.17) is 5.11 Å². The Hall–Kier alpha value is -1.26. The molecule has 0 saturated carbocycles. The van der Waals surface area contributed by atoms with Crippen LogP contribution in [0.3, 0.4) is 0 Å². The predicted molar refractivity (Wildman–Crippen MR) is 64.9 cm³/mol. The summed E-state index contributed by atoms with van der Waals surface area (Å²) in [5.74, 6) is -0.833. The first-order valence-electron chi connectivity index (χ1n) is 6.22. The zero-order valence-corrected chi connectivity index (χ0v) is 10.8. The minimum Gasteiger partial charge on any atom is -0.481 e. The van der Waals surface area contributed by atoms with Gasteiger partial charge in [0.1, 0.15) is 0 Å². The quantitative estimate of drug-likeness (QED) is 0.817. The second kappa shape index (κ2) is 5.89. The molecule has 1 aliphatic rings. The number of nitrogens with zero attached hydrogens (tertiary/aromatic N) is 2. The lowest BCUT2D eigenvalue weighted by atomic mass is 10.1. The third kappa shape index (κ3) is 3.35. The fourth-order valence-electron chi connectivity index (χ4n) is 2.17. The predicted octanol–water partition coefficient (Wildman–Crippen LogP) is 1.78. The summed E-state index contributed by atoms with van der Waals surface area (Å²) in [6.07, 6.45) is 2.66. The lowest BCUT2D eigenvalue weighted by Crippen LogP contribution is -2.47. The Kier molecular flexibility index (Phi) is 4.78. The third-order valence-corrected chi connectivity index (χ3v) is 3.59. The molecule has 1 fully saturated rings. The molecule has 5 nitrogen and oxygen atoms in total. The molecule has 0 spiro atoms. The number of urea groups is 1. The largest absolute Gasteiger partial charge is 0.481 e. The van der Waals surface area contributed by atoms with Crippen LogP contribution in [0, 0.1) is 0 Å². The monoisotopic (exact) mass is 242 g/mol. The Balaban J connectivity index is 2.64. The SMILES string of the molecule is CCC(C)N(C)C(=O)N1CCCC1CC(=O)O. The van der Waals surface area contributed by atoms with E-state index in [1.165, 1.54) is 0 Å². The van der Waals surface area contributed by atoms with Crippen molar-refractivity contribution in [2.45, 2.75) is 51.6 Å².